The molecular formula is C17H14O2. The Morgan fingerprint density at radius 2 is 1.68 bits per heavy atom. The lowest BCUT2D eigenvalue weighted by Crippen LogP contribution is -2.22. The molecule has 0 N–H and O–H groups in total. The number of carbonyl (C=O) groups excluding carboxylic acids is 2. The minimum atomic E-state index is -0.0383. The van der Waals surface area contributed by atoms with E-state index in [1.807, 2.05) is 32.0 Å². The van der Waals surface area contributed by atoms with Gasteiger partial charge in [0.1, 0.15) is 0 Å². The van der Waals surface area contributed by atoms with E-state index in [1.54, 1.807) is 18.2 Å². The largest absolute Gasteiger partial charge is 0.289 e. The number of carbonyl (C=O) groups is 2. The lowest BCUT2D eigenvalue weighted by atomic mass is 9.81. The number of benzene rings is 2. The molecule has 1 aliphatic rings. The quantitative estimate of drug-likeness (QED) is 0.664. The van der Waals surface area contributed by atoms with Gasteiger partial charge < -0.3 is 0 Å². The molecule has 0 spiro atoms. The molecule has 2 nitrogen and oxygen atoms in total. The van der Waals surface area contributed by atoms with Crippen LogP contribution in [0.2, 0.25) is 0 Å². The third-order valence-electron chi connectivity index (χ3n) is 3.67. The van der Waals surface area contributed by atoms with E-state index in [4.69, 9.17) is 0 Å². The monoisotopic (exact) mass is 250 g/mol. The average Bonchev–Trinajstić information content (AvgIpc) is 2.43. The summed E-state index contributed by atoms with van der Waals surface area (Å²) < 4.78 is 0. The van der Waals surface area contributed by atoms with E-state index in [0.717, 1.165) is 17.5 Å². The van der Waals surface area contributed by atoms with Crippen LogP contribution in [-0.4, -0.2) is 11.6 Å². The summed E-state index contributed by atoms with van der Waals surface area (Å²) in [6.45, 7) is 3.92. The van der Waals surface area contributed by atoms with Gasteiger partial charge in [0, 0.05) is 22.3 Å². The average molecular weight is 250 g/mol. The number of hydrogen-bond acceptors (Lipinski definition) is 2. The minimum absolute atomic E-state index is 0.0259. The molecule has 0 saturated carbocycles. The zero-order valence-electron chi connectivity index (χ0n) is 11.0. The second-order valence-corrected chi connectivity index (χ2v) is 4.90. The van der Waals surface area contributed by atoms with Crippen molar-refractivity contribution in [3.05, 3.63) is 69.8 Å². The van der Waals surface area contributed by atoms with Gasteiger partial charge in [0.25, 0.3) is 0 Å². The number of hydrogen-bond donors (Lipinski definition) is 0. The number of rotatable bonds is 1. The normalized spacial score (nSPS) is 13.2. The van der Waals surface area contributed by atoms with Gasteiger partial charge in [-0.25, -0.2) is 0 Å². The third-order valence-corrected chi connectivity index (χ3v) is 3.67. The topological polar surface area (TPSA) is 34.1 Å². The van der Waals surface area contributed by atoms with Crippen molar-refractivity contribution in [3.8, 4) is 0 Å². The molecule has 3 rings (SSSR count). The van der Waals surface area contributed by atoms with Gasteiger partial charge in [0.2, 0.25) is 0 Å². The Morgan fingerprint density at radius 3 is 2.42 bits per heavy atom. The first-order chi connectivity index (χ1) is 9.13. The summed E-state index contributed by atoms with van der Waals surface area (Å²) in [6, 6.07) is 11.0. The number of aryl methyl sites for hydroxylation is 2. The highest BCUT2D eigenvalue weighted by molar-refractivity contribution is 6.28. The first kappa shape index (κ1) is 11.8. The molecule has 0 bridgehead atoms. The Labute approximate surface area is 112 Å². The van der Waals surface area contributed by atoms with Gasteiger partial charge in [-0.05, 0) is 25.0 Å². The van der Waals surface area contributed by atoms with E-state index in [-0.39, 0.29) is 11.6 Å². The fourth-order valence-electron chi connectivity index (χ4n) is 2.68. The van der Waals surface area contributed by atoms with Gasteiger partial charge in [-0.15, -0.1) is 0 Å². The van der Waals surface area contributed by atoms with Crippen LogP contribution in [0.5, 0.6) is 0 Å². The van der Waals surface area contributed by atoms with Crippen LogP contribution in [0.4, 0.5) is 0 Å². The first-order valence-corrected chi connectivity index (χ1v) is 6.45. The van der Waals surface area contributed by atoms with Crippen LogP contribution in [0.15, 0.2) is 36.4 Å². The molecule has 0 aliphatic heterocycles. The van der Waals surface area contributed by atoms with Crippen molar-refractivity contribution >= 4 is 11.6 Å². The molecule has 0 heterocycles. The Kier molecular flexibility index (Phi) is 2.59. The minimum Gasteiger partial charge on any atom is -0.289 e. The molecule has 19 heavy (non-hydrogen) atoms. The highest BCUT2D eigenvalue weighted by Gasteiger charge is 2.30. The van der Waals surface area contributed by atoms with Crippen molar-refractivity contribution in [2.75, 3.05) is 0 Å². The second kappa shape index (κ2) is 4.16. The van der Waals surface area contributed by atoms with E-state index in [9.17, 15) is 9.59 Å². The van der Waals surface area contributed by atoms with E-state index in [1.165, 1.54) is 0 Å². The van der Waals surface area contributed by atoms with E-state index in [2.05, 4.69) is 0 Å². The van der Waals surface area contributed by atoms with E-state index < -0.39 is 0 Å². The Bertz CT molecular complexity index is 711. The fraction of sp³-hybridized carbons (Fsp3) is 0.176. The summed E-state index contributed by atoms with van der Waals surface area (Å²) in [4.78, 5) is 25.1. The summed E-state index contributed by atoms with van der Waals surface area (Å²) in [5, 5.41) is 0. The maximum absolute atomic E-state index is 12.6. The Morgan fingerprint density at radius 1 is 0.895 bits per heavy atom. The molecule has 0 saturated heterocycles. The van der Waals surface area contributed by atoms with Crippen LogP contribution < -0.4 is 0 Å². The molecule has 2 aromatic carbocycles. The summed E-state index contributed by atoms with van der Waals surface area (Å²) in [5.41, 5.74) is 4.14. The predicted molar refractivity (Wildman–Crippen MR) is 73.9 cm³/mol. The summed E-state index contributed by atoms with van der Waals surface area (Å²) in [7, 11) is 0. The second-order valence-electron chi connectivity index (χ2n) is 4.90. The first-order valence-electron chi connectivity index (χ1n) is 6.45. The predicted octanol–water partition coefficient (Wildman–Crippen LogP) is 3.33. The summed E-state index contributed by atoms with van der Waals surface area (Å²) >= 11 is 0. The standard InChI is InChI=1S/C17H14O2/c1-3-11-5-4-6-13-15(11)17(19)12-8-7-10(2)9-14(12)16(13)18/h4-9H,3H2,1-2H3. The van der Waals surface area contributed by atoms with Crippen molar-refractivity contribution < 1.29 is 9.59 Å². The molecule has 0 fully saturated rings. The molecule has 0 radical (unpaired) electrons. The highest BCUT2D eigenvalue weighted by Crippen LogP contribution is 2.30. The Hall–Kier alpha value is -2.22. The molecule has 1 aliphatic carbocycles. The lowest BCUT2D eigenvalue weighted by molar-refractivity contribution is 0.0978. The van der Waals surface area contributed by atoms with Crippen LogP contribution in [-0.2, 0) is 6.42 Å². The number of ketones is 2. The van der Waals surface area contributed by atoms with E-state index in [0.29, 0.717) is 22.3 Å². The lowest BCUT2D eigenvalue weighted by Gasteiger charge is -2.20. The number of fused-ring (bicyclic) bond motifs is 2. The van der Waals surface area contributed by atoms with Crippen LogP contribution >= 0.6 is 0 Å². The Balaban J connectivity index is 2.32. The van der Waals surface area contributed by atoms with Crippen LogP contribution in [0.3, 0.4) is 0 Å². The van der Waals surface area contributed by atoms with Gasteiger partial charge in [0.05, 0.1) is 0 Å². The molecule has 2 heteroatoms. The van der Waals surface area contributed by atoms with E-state index >= 15 is 0 Å². The van der Waals surface area contributed by atoms with Crippen molar-refractivity contribution in [1.29, 1.82) is 0 Å². The maximum Gasteiger partial charge on any atom is 0.194 e. The summed E-state index contributed by atoms with van der Waals surface area (Å²) in [6.07, 6.45) is 0.753. The molecule has 0 atom stereocenters. The zero-order valence-corrected chi connectivity index (χ0v) is 11.0. The highest BCUT2D eigenvalue weighted by atomic mass is 16.1. The van der Waals surface area contributed by atoms with Crippen molar-refractivity contribution in [2.45, 2.75) is 20.3 Å². The maximum atomic E-state index is 12.6. The molecule has 0 unspecified atom stereocenters. The van der Waals surface area contributed by atoms with Crippen LogP contribution in [0.25, 0.3) is 0 Å². The van der Waals surface area contributed by atoms with Gasteiger partial charge >= 0.3 is 0 Å². The van der Waals surface area contributed by atoms with Crippen molar-refractivity contribution in [2.24, 2.45) is 0 Å². The SMILES string of the molecule is CCc1cccc2c1C(=O)c1ccc(C)cc1C2=O. The van der Waals surface area contributed by atoms with Gasteiger partial charge in [-0.3, -0.25) is 9.59 Å². The fourth-order valence-corrected chi connectivity index (χ4v) is 2.68. The van der Waals surface area contributed by atoms with Gasteiger partial charge in [0.15, 0.2) is 11.6 Å². The molecule has 94 valence electrons. The van der Waals surface area contributed by atoms with Crippen LogP contribution in [0.1, 0.15) is 49.9 Å². The zero-order chi connectivity index (χ0) is 13.6. The summed E-state index contributed by atoms with van der Waals surface area (Å²) in [5.74, 6) is -0.0642. The molecule has 0 amide bonds. The van der Waals surface area contributed by atoms with Gasteiger partial charge in [-0.1, -0.05) is 42.8 Å². The van der Waals surface area contributed by atoms with Gasteiger partial charge in [-0.2, -0.15) is 0 Å². The van der Waals surface area contributed by atoms with Crippen molar-refractivity contribution in [3.63, 3.8) is 0 Å². The smallest absolute Gasteiger partial charge is 0.194 e. The van der Waals surface area contributed by atoms with Crippen molar-refractivity contribution in [1.82, 2.24) is 0 Å². The third kappa shape index (κ3) is 1.64. The molecule has 2 aromatic rings. The molecular weight excluding hydrogens is 236 g/mol. The molecule has 0 aromatic heterocycles. The van der Waals surface area contributed by atoms with Crippen LogP contribution in [0, 0.1) is 6.92 Å².